The molecule has 0 aliphatic rings. The number of ether oxygens (including phenoxy) is 3. The highest BCUT2D eigenvalue weighted by Gasteiger charge is 2.19. The first-order valence-corrected chi connectivity index (χ1v) is 25.2. The summed E-state index contributed by atoms with van der Waals surface area (Å²) < 4.78 is 16.8. The third kappa shape index (κ3) is 47.5. The zero-order chi connectivity index (χ0) is 44.4. The Labute approximate surface area is 375 Å². The second-order valence-corrected chi connectivity index (χ2v) is 16.5. The average molecular weight is 849 g/mol. The van der Waals surface area contributed by atoms with Gasteiger partial charge < -0.3 is 14.2 Å². The monoisotopic (exact) mass is 849 g/mol. The Morgan fingerprint density at radius 3 is 1.00 bits per heavy atom. The molecule has 0 amide bonds. The molecule has 6 nitrogen and oxygen atoms in total. The zero-order valence-corrected chi connectivity index (χ0v) is 39.7. The summed E-state index contributed by atoms with van der Waals surface area (Å²) in [7, 11) is 0. The Kier molecular flexibility index (Phi) is 46.5. The van der Waals surface area contributed by atoms with E-state index in [-0.39, 0.29) is 31.1 Å². The molecule has 348 valence electrons. The summed E-state index contributed by atoms with van der Waals surface area (Å²) in [6.45, 7) is 6.33. The summed E-state index contributed by atoms with van der Waals surface area (Å²) in [5, 5.41) is 0. The molecular weight excluding hydrogens is 757 g/mol. The summed E-state index contributed by atoms with van der Waals surface area (Å²) in [6, 6.07) is 0. The van der Waals surface area contributed by atoms with E-state index in [9.17, 15) is 14.4 Å². The molecule has 1 unspecified atom stereocenters. The lowest BCUT2D eigenvalue weighted by atomic mass is 10.0. The molecular formula is C55H92O6. The maximum atomic E-state index is 12.8. The molecule has 0 N–H and O–H groups in total. The largest absolute Gasteiger partial charge is 0.462 e. The third-order valence-corrected chi connectivity index (χ3v) is 10.6. The molecule has 0 rings (SSSR count). The van der Waals surface area contributed by atoms with Gasteiger partial charge >= 0.3 is 17.9 Å². The lowest BCUT2D eigenvalue weighted by Gasteiger charge is -2.18. The SMILES string of the molecule is CC\C=C/C=C\C=C/C=C\CCCCCCCC(=O)OCC(COC(=O)CCCCCCC\C=C/C=C\C=C/CC)OC(=O)CCCCCCCCCCCCCCCCC. The van der Waals surface area contributed by atoms with Crippen molar-refractivity contribution in [2.45, 2.75) is 232 Å². The van der Waals surface area contributed by atoms with Crippen LogP contribution in [0.2, 0.25) is 0 Å². The van der Waals surface area contributed by atoms with Gasteiger partial charge in [0.15, 0.2) is 6.10 Å². The molecule has 0 aromatic carbocycles. The minimum Gasteiger partial charge on any atom is -0.462 e. The Balaban J connectivity index is 4.45. The van der Waals surface area contributed by atoms with E-state index >= 15 is 0 Å². The number of rotatable bonds is 44. The normalized spacial score (nSPS) is 12.8. The highest BCUT2D eigenvalue weighted by molar-refractivity contribution is 5.71. The van der Waals surface area contributed by atoms with Gasteiger partial charge in [-0.25, -0.2) is 0 Å². The van der Waals surface area contributed by atoms with Crippen molar-refractivity contribution in [2.24, 2.45) is 0 Å². The second kappa shape index (κ2) is 49.2. The molecule has 0 saturated carbocycles. The van der Waals surface area contributed by atoms with Gasteiger partial charge in [0.25, 0.3) is 0 Å². The fourth-order valence-corrected chi connectivity index (χ4v) is 6.81. The molecule has 0 radical (unpaired) electrons. The van der Waals surface area contributed by atoms with E-state index in [4.69, 9.17) is 14.2 Å². The van der Waals surface area contributed by atoms with E-state index in [2.05, 4.69) is 87.6 Å². The highest BCUT2D eigenvalue weighted by Crippen LogP contribution is 2.15. The highest BCUT2D eigenvalue weighted by atomic mass is 16.6. The van der Waals surface area contributed by atoms with Crippen LogP contribution in [0.15, 0.2) is 85.1 Å². The maximum Gasteiger partial charge on any atom is 0.306 e. The number of unbranched alkanes of at least 4 members (excludes halogenated alkanes) is 24. The smallest absolute Gasteiger partial charge is 0.306 e. The average Bonchev–Trinajstić information content (AvgIpc) is 3.26. The van der Waals surface area contributed by atoms with Crippen LogP contribution in [0.5, 0.6) is 0 Å². The first kappa shape index (κ1) is 57.6. The molecule has 0 heterocycles. The van der Waals surface area contributed by atoms with Gasteiger partial charge in [-0.3, -0.25) is 14.4 Å². The number of hydrogen-bond acceptors (Lipinski definition) is 6. The van der Waals surface area contributed by atoms with E-state index in [1.165, 1.54) is 77.0 Å². The van der Waals surface area contributed by atoms with Gasteiger partial charge in [-0.15, -0.1) is 0 Å². The summed E-state index contributed by atoms with van der Waals surface area (Å²) in [5.41, 5.74) is 0. The van der Waals surface area contributed by atoms with Gasteiger partial charge in [0.1, 0.15) is 13.2 Å². The quantitative estimate of drug-likeness (QED) is 0.0263. The van der Waals surface area contributed by atoms with Crippen LogP contribution in [0.4, 0.5) is 0 Å². The summed E-state index contributed by atoms with van der Waals surface area (Å²) >= 11 is 0. The molecule has 0 aromatic heterocycles. The first-order valence-electron chi connectivity index (χ1n) is 25.2. The van der Waals surface area contributed by atoms with E-state index in [1.54, 1.807) is 0 Å². The summed E-state index contributed by atoms with van der Waals surface area (Å²) in [4.78, 5) is 37.9. The summed E-state index contributed by atoms with van der Waals surface area (Å²) in [6.07, 6.45) is 62.8. The molecule has 0 saturated heterocycles. The molecule has 0 aromatic rings. The number of carbonyl (C=O) groups is 3. The van der Waals surface area contributed by atoms with Crippen molar-refractivity contribution in [1.29, 1.82) is 0 Å². The summed E-state index contributed by atoms with van der Waals surface area (Å²) in [5.74, 6) is -0.936. The van der Waals surface area contributed by atoms with Crippen molar-refractivity contribution >= 4 is 17.9 Å². The Morgan fingerprint density at radius 1 is 0.344 bits per heavy atom. The van der Waals surface area contributed by atoms with Crippen molar-refractivity contribution in [3.05, 3.63) is 85.1 Å². The second-order valence-electron chi connectivity index (χ2n) is 16.5. The van der Waals surface area contributed by atoms with Crippen molar-refractivity contribution < 1.29 is 28.6 Å². The van der Waals surface area contributed by atoms with Crippen LogP contribution in [0.25, 0.3) is 0 Å². The van der Waals surface area contributed by atoms with Crippen molar-refractivity contribution in [2.75, 3.05) is 13.2 Å². The topological polar surface area (TPSA) is 78.9 Å². The third-order valence-electron chi connectivity index (χ3n) is 10.6. The molecule has 0 bridgehead atoms. The predicted octanol–water partition coefficient (Wildman–Crippen LogP) is 16.4. The molecule has 61 heavy (non-hydrogen) atoms. The van der Waals surface area contributed by atoms with Crippen LogP contribution in [-0.2, 0) is 28.6 Å². The van der Waals surface area contributed by atoms with Crippen LogP contribution in [0.1, 0.15) is 226 Å². The number of esters is 3. The Bertz CT molecular complexity index is 1200. The zero-order valence-electron chi connectivity index (χ0n) is 39.7. The van der Waals surface area contributed by atoms with Crippen molar-refractivity contribution in [3.8, 4) is 0 Å². The maximum absolute atomic E-state index is 12.8. The van der Waals surface area contributed by atoms with E-state index < -0.39 is 6.10 Å². The lowest BCUT2D eigenvalue weighted by molar-refractivity contribution is -0.167. The van der Waals surface area contributed by atoms with E-state index in [1.807, 2.05) is 18.2 Å². The van der Waals surface area contributed by atoms with Crippen molar-refractivity contribution in [3.63, 3.8) is 0 Å². The molecule has 0 fully saturated rings. The van der Waals surface area contributed by atoms with E-state index in [0.29, 0.717) is 19.3 Å². The molecule has 6 heteroatoms. The molecule has 1 atom stereocenters. The van der Waals surface area contributed by atoms with Crippen LogP contribution < -0.4 is 0 Å². The van der Waals surface area contributed by atoms with Gasteiger partial charge in [-0.1, -0.05) is 234 Å². The first-order chi connectivity index (χ1) is 30.0. The van der Waals surface area contributed by atoms with Crippen molar-refractivity contribution in [1.82, 2.24) is 0 Å². The van der Waals surface area contributed by atoms with Crippen LogP contribution >= 0.6 is 0 Å². The molecule has 0 aliphatic carbocycles. The number of allylic oxidation sites excluding steroid dienone is 14. The fourth-order valence-electron chi connectivity index (χ4n) is 6.81. The van der Waals surface area contributed by atoms with Gasteiger partial charge in [0.2, 0.25) is 0 Å². The lowest BCUT2D eigenvalue weighted by Crippen LogP contribution is -2.30. The Hall–Kier alpha value is -3.41. The predicted molar refractivity (Wildman–Crippen MR) is 261 cm³/mol. The van der Waals surface area contributed by atoms with E-state index in [0.717, 1.165) is 109 Å². The van der Waals surface area contributed by atoms with Crippen LogP contribution in [0, 0.1) is 0 Å². The van der Waals surface area contributed by atoms with Crippen LogP contribution in [0.3, 0.4) is 0 Å². The van der Waals surface area contributed by atoms with Crippen LogP contribution in [-0.4, -0.2) is 37.2 Å². The minimum atomic E-state index is -0.792. The fraction of sp³-hybridized carbons (Fsp3) is 0.691. The number of carbonyl (C=O) groups excluding carboxylic acids is 3. The minimum absolute atomic E-state index is 0.0943. The Morgan fingerprint density at radius 2 is 0.639 bits per heavy atom. The van der Waals surface area contributed by atoms with Gasteiger partial charge in [0.05, 0.1) is 0 Å². The standard InChI is InChI=1S/C55H92O6/c1-4-7-10-13-16-19-22-25-27-30-33-36-39-42-45-48-54(57)60-51-52(50-59-53(56)47-44-41-38-35-32-29-24-21-18-15-12-9-6-3)61-55(58)49-46-43-40-37-34-31-28-26-23-20-17-14-11-8-5-2/h7,9-10,12-13,15-16,18-19,21-22,24-25,27,52H,4-6,8,11,14,17,20,23,26,28-51H2,1-3H3/b10-7-,12-9-,16-13-,18-15-,22-19-,24-21-,27-25-. The number of hydrogen-bond donors (Lipinski definition) is 0. The van der Waals surface area contributed by atoms with Gasteiger partial charge in [-0.2, -0.15) is 0 Å². The molecule has 0 spiro atoms. The molecule has 0 aliphatic heterocycles. The van der Waals surface area contributed by atoms with Gasteiger partial charge in [0, 0.05) is 19.3 Å². The van der Waals surface area contributed by atoms with Gasteiger partial charge in [-0.05, 0) is 57.8 Å².